The van der Waals surface area contributed by atoms with Crippen LogP contribution in [0.1, 0.15) is 113 Å². The summed E-state index contributed by atoms with van der Waals surface area (Å²) in [6.07, 6.45) is -5.47. The minimum atomic E-state index is -1.61. The maximum atomic E-state index is 14.0. The topological polar surface area (TPSA) is 205 Å². The third kappa shape index (κ3) is 5.05. The van der Waals surface area contributed by atoms with E-state index in [1.54, 1.807) is 6.92 Å². The Balaban J connectivity index is 1.06. The number of esters is 1. The highest BCUT2D eigenvalue weighted by Gasteiger charge is 2.83. The van der Waals surface area contributed by atoms with Crippen molar-refractivity contribution in [3.05, 3.63) is 0 Å². The molecule has 0 radical (unpaired) electrons. The second-order valence-corrected chi connectivity index (χ2v) is 20.7. The molecule has 0 aromatic heterocycles. The summed E-state index contributed by atoms with van der Waals surface area (Å²) in [7, 11) is 0. The molecule has 8 aliphatic rings. The van der Waals surface area contributed by atoms with Crippen LogP contribution in [0.3, 0.4) is 0 Å². The minimum Gasteiger partial charge on any atom is -0.455 e. The van der Waals surface area contributed by atoms with E-state index < -0.39 is 83.3 Å². The number of carbonyl (C=O) groups is 1. The fourth-order valence-corrected chi connectivity index (χ4v) is 14.6. The molecule has 3 heterocycles. The zero-order valence-electron chi connectivity index (χ0n) is 33.1. The number of carbonyl (C=O) groups excluding carboxylic acids is 1. The molecule has 2 bridgehead atoms. The van der Waals surface area contributed by atoms with Crippen molar-refractivity contribution in [2.45, 2.75) is 186 Å². The van der Waals surface area contributed by atoms with Gasteiger partial charge in [-0.05, 0) is 105 Å². The second-order valence-electron chi connectivity index (χ2n) is 20.7. The Labute approximate surface area is 319 Å². The molecular weight excluding hydrogens is 700 g/mol. The highest BCUT2D eigenvalue weighted by Crippen LogP contribution is 2.80. The van der Waals surface area contributed by atoms with Crippen LogP contribution < -0.4 is 0 Å². The average Bonchev–Trinajstić information content (AvgIpc) is 3.31. The fraction of sp³-hybridized carbons (Fsp3) is 0.976. The normalized spacial score (nSPS) is 59.3. The largest absolute Gasteiger partial charge is 0.455 e. The predicted octanol–water partition coefficient (Wildman–Crippen LogP) is 2.17. The van der Waals surface area contributed by atoms with Crippen LogP contribution in [-0.2, 0) is 28.5 Å². The van der Waals surface area contributed by atoms with Crippen LogP contribution in [0.5, 0.6) is 0 Å². The van der Waals surface area contributed by atoms with Gasteiger partial charge in [-0.1, -0.05) is 41.5 Å². The average molecular weight is 767 g/mol. The lowest BCUT2D eigenvalue weighted by molar-refractivity contribution is -0.366. The van der Waals surface area contributed by atoms with Crippen LogP contribution in [0, 0.1) is 50.2 Å². The molecule has 0 aromatic rings. The molecule has 3 aliphatic heterocycles. The molecular formula is C41H66O13. The maximum absolute atomic E-state index is 14.0. The van der Waals surface area contributed by atoms with Crippen LogP contribution in [0.15, 0.2) is 0 Å². The minimum absolute atomic E-state index is 0.0513. The highest BCUT2D eigenvalue weighted by atomic mass is 16.8. The molecule has 0 unspecified atom stereocenters. The van der Waals surface area contributed by atoms with Crippen molar-refractivity contribution in [2.75, 3.05) is 13.2 Å². The number of rotatable bonds is 5. The van der Waals surface area contributed by atoms with Gasteiger partial charge < -0.3 is 59.4 Å². The molecule has 54 heavy (non-hydrogen) atoms. The van der Waals surface area contributed by atoms with Crippen molar-refractivity contribution >= 4 is 5.97 Å². The van der Waals surface area contributed by atoms with E-state index in [9.17, 15) is 40.5 Å². The van der Waals surface area contributed by atoms with Gasteiger partial charge in [-0.3, -0.25) is 4.79 Å². The van der Waals surface area contributed by atoms with Gasteiger partial charge in [0.2, 0.25) is 0 Å². The Morgan fingerprint density at radius 2 is 1.46 bits per heavy atom. The van der Waals surface area contributed by atoms with Gasteiger partial charge in [-0.25, -0.2) is 0 Å². The lowest BCUT2D eigenvalue weighted by Crippen LogP contribution is -2.76. The van der Waals surface area contributed by atoms with E-state index in [0.717, 1.165) is 38.5 Å². The Bertz CT molecular complexity index is 1480. The van der Waals surface area contributed by atoms with Crippen LogP contribution in [0.4, 0.5) is 0 Å². The van der Waals surface area contributed by atoms with Gasteiger partial charge in [0.1, 0.15) is 42.2 Å². The van der Waals surface area contributed by atoms with Gasteiger partial charge in [0.25, 0.3) is 0 Å². The summed E-state index contributed by atoms with van der Waals surface area (Å²) < 4.78 is 31.1. The maximum Gasteiger partial charge on any atom is 0.313 e. The van der Waals surface area contributed by atoms with Crippen LogP contribution in [-0.4, -0.2) is 128 Å². The van der Waals surface area contributed by atoms with Crippen molar-refractivity contribution in [3.63, 3.8) is 0 Å². The predicted molar refractivity (Wildman–Crippen MR) is 191 cm³/mol. The highest BCUT2D eigenvalue weighted by molar-refractivity contribution is 5.82. The number of aliphatic hydroxyl groups excluding tert-OH is 7. The number of ether oxygens (including phenoxy) is 5. The van der Waals surface area contributed by atoms with E-state index >= 15 is 0 Å². The molecule has 1 spiro atoms. The molecule has 20 atom stereocenters. The number of aliphatic hydroxyl groups is 7. The van der Waals surface area contributed by atoms with Gasteiger partial charge in [0.05, 0.1) is 30.3 Å². The smallest absolute Gasteiger partial charge is 0.313 e. The van der Waals surface area contributed by atoms with Crippen molar-refractivity contribution in [1.29, 1.82) is 0 Å². The molecule has 3 saturated heterocycles. The summed E-state index contributed by atoms with van der Waals surface area (Å²) in [5.74, 6) is 0.0418. The van der Waals surface area contributed by atoms with Gasteiger partial charge >= 0.3 is 5.97 Å². The lowest BCUT2D eigenvalue weighted by Gasteiger charge is -2.74. The van der Waals surface area contributed by atoms with Crippen molar-refractivity contribution < 1.29 is 64.2 Å². The molecule has 7 N–H and O–H groups in total. The van der Waals surface area contributed by atoms with E-state index in [4.69, 9.17) is 23.7 Å². The molecule has 0 amide bonds. The Morgan fingerprint density at radius 1 is 0.759 bits per heavy atom. The zero-order chi connectivity index (χ0) is 39.2. The van der Waals surface area contributed by atoms with Crippen molar-refractivity contribution in [1.82, 2.24) is 0 Å². The molecule has 5 saturated carbocycles. The van der Waals surface area contributed by atoms with E-state index in [0.29, 0.717) is 25.7 Å². The lowest BCUT2D eigenvalue weighted by atomic mass is 9.30. The van der Waals surface area contributed by atoms with Crippen LogP contribution >= 0.6 is 0 Å². The molecule has 13 heteroatoms. The molecule has 0 aromatic carbocycles. The van der Waals surface area contributed by atoms with Crippen LogP contribution in [0.25, 0.3) is 0 Å². The standard InChI is InChI=1S/C41H66O13/c1-20-27(45)29(47)30(48)32(51-20)53-31-28(46)21(43)18-50-33(31)52-26-9-10-37(5)22(35(26,2)3)8-11-38(6)23(37)16-25(44)41-24-17-36(4,19-42)12-14-40(24,34(49)54-41)15-13-39(38,41)7/h20-33,42-48H,8-19H2,1-7H3/t20-,21+,22-,23+,24+,25+,26-,27-,28-,29+,30+,31+,32-,33-,36-,37-,38+,39-,40-,41+/m0/s1. The van der Waals surface area contributed by atoms with Gasteiger partial charge in [0.15, 0.2) is 12.6 Å². The quantitative estimate of drug-likeness (QED) is 0.159. The van der Waals surface area contributed by atoms with Gasteiger partial charge in [-0.15, -0.1) is 0 Å². The molecule has 13 nitrogen and oxygen atoms in total. The first kappa shape index (κ1) is 39.8. The summed E-state index contributed by atoms with van der Waals surface area (Å²) in [5.41, 5.74) is -3.18. The SMILES string of the molecule is C[C@@H]1O[C@@H](O[C@H]2[C@H](O[C@H]3CC[C@]4(C)[C@H]5C[C@@H](O)[C@]67OC(=O)[C@@]8(CC[C@](C)(CO)C[C@H]86)CC[C@@]7(C)[C@]5(C)CC[C@H]4C3(C)C)OC[C@@H](O)[C@@H]2O)[C@H](O)[C@H](O)[C@H]1O. The van der Waals surface area contributed by atoms with E-state index in [2.05, 4.69) is 41.5 Å². The third-order valence-electron chi connectivity index (χ3n) is 18.1. The summed E-state index contributed by atoms with van der Waals surface area (Å²) >= 11 is 0. The molecule has 8 fully saturated rings. The summed E-state index contributed by atoms with van der Waals surface area (Å²) in [5, 5.41) is 76.0. The summed E-state index contributed by atoms with van der Waals surface area (Å²) in [6, 6.07) is 0. The van der Waals surface area contributed by atoms with Gasteiger partial charge in [-0.2, -0.15) is 0 Å². The first-order valence-electron chi connectivity index (χ1n) is 20.7. The van der Waals surface area contributed by atoms with Crippen molar-refractivity contribution in [3.8, 4) is 0 Å². The zero-order valence-corrected chi connectivity index (χ0v) is 33.1. The third-order valence-corrected chi connectivity index (χ3v) is 18.1. The molecule has 5 aliphatic carbocycles. The number of fused-ring (bicyclic) bond motifs is 4. The van der Waals surface area contributed by atoms with Crippen molar-refractivity contribution in [2.24, 2.45) is 50.2 Å². The Kier molecular flexibility index (Phi) is 9.42. The molecule has 308 valence electrons. The first-order chi connectivity index (χ1) is 25.2. The summed E-state index contributed by atoms with van der Waals surface area (Å²) in [6.45, 7) is 15.0. The van der Waals surface area contributed by atoms with Crippen LogP contribution in [0.2, 0.25) is 0 Å². The Hall–Kier alpha value is -0.970. The number of hydrogen-bond acceptors (Lipinski definition) is 13. The van der Waals surface area contributed by atoms with E-state index in [-0.39, 0.29) is 59.3 Å². The second kappa shape index (κ2) is 12.8. The van der Waals surface area contributed by atoms with Gasteiger partial charge in [0, 0.05) is 17.9 Å². The molecule has 8 rings (SSSR count). The van der Waals surface area contributed by atoms with E-state index in [1.807, 2.05) is 0 Å². The monoisotopic (exact) mass is 766 g/mol. The fourth-order valence-electron chi connectivity index (χ4n) is 14.6. The Morgan fingerprint density at radius 3 is 2.17 bits per heavy atom. The van der Waals surface area contributed by atoms with E-state index in [1.165, 1.54) is 0 Å². The summed E-state index contributed by atoms with van der Waals surface area (Å²) in [4.78, 5) is 14.0. The number of hydrogen-bond donors (Lipinski definition) is 7. The first-order valence-corrected chi connectivity index (χ1v) is 20.7.